The quantitative estimate of drug-likeness (QED) is 0.656. The van der Waals surface area contributed by atoms with Gasteiger partial charge in [0.1, 0.15) is 0 Å². The summed E-state index contributed by atoms with van der Waals surface area (Å²) >= 11 is 0. The number of benzene rings is 1. The maximum Gasteiger partial charge on any atom is -0.0162 e. The normalized spacial score (nSPS) is 13.3. The maximum atomic E-state index is 2.36. The van der Waals surface area contributed by atoms with Crippen molar-refractivity contribution in [3.05, 3.63) is 33.4 Å². The summed E-state index contributed by atoms with van der Waals surface area (Å²) in [7, 11) is 0. The van der Waals surface area contributed by atoms with Crippen LogP contribution in [0.25, 0.3) is 0 Å². The molecule has 0 heteroatoms. The van der Waals surface area contributed by atoms with Gasteiger partial charge in [0.25, 0.3) is 0 Å². The Labute approximate surface area is 101 Å². The molecule has 0 bridgehead atoms. The van der Waals surface area contributed by atoms with E-state index in [9.17, 15) is 0 Å². The molecule has 90 valence electrons. The molecule has 0 heterocycles. The first-order chi connectivity index (χ1) is 7.29. The van der Waals surface area contributed by atoms with Crippen LogP contribution in [0.15, 0.2) is 0 Å². The van der Waals surface area contributed by atoms with E-state index in [1.165, 1.54) is 27.8 Å². The van der Waals surface area contributed by atoms with Crippen molar-refractivity contribution in [3.63, 3.8) is 0 Å². The Kier molecular flexibility index (Phi) is 3.83. The van der Waals surface area contributed by atoms with E-state index >= 15 is 0 Å². The molecule has 0 radical (unpaired) electrons. The molecule has 1 rings (SSSR count). The van der Waals surface area contributed by atoms with Crippen LogP contribution in [0.1, 0.15) is 60.1 Å². The first-order valence-electron chi connectivity index (χ1n) is 6.35. The monoisotopic (exact) mass is 218 g/mol. The maximum absolute atomic E-state index is 2.36. The topological polar surface area (TPSA) is 0 Å². The Balaban J connectivity index is 3.51. The molecule has 0 spiro atoms. The molecule has 1 aromatic carbocycles. The molecule has 0 N–H and O–H groups in total. The summed E-state index contributed by atoms with van der Waals surface area (Å²) < 4.78 is 0. The molecule has 0 aliphatic heterocycles. The Bertz CT molecular complexity index is 368. The van der Waals surface area contributed by atoms with Gasteiger partial charge in [-0.25, -0.2) is 0 Å². The second kappa shape index (κ2) is 4.61. The van der Waals surface area contributed by atoms with Gasteiger partial charge in [0.05, 0.1) is 0 Å². The minimum atomic E-state index is 0.651. The van der Waals surface area contributed by atoms with Crippen LogP contribution in [0.3, 0.4) is 0 Å². The van der Waals surface area contributed by atoms with Crippen LogP contribution in [-0.2, 0) is 0 Å². The first kappa shape index (κ1) is 13.3. The van der Waals surface area contributed by atoms with E-state index in [0.717, 1.165) is 0 Å². The van der Waals surface area contributed by atoms with Crippen LogP contribution < -0.4 is 0 Å². The van der Waals surface area contributed by atoms with Crippen molar-refractivity contribution in [1.29, 1.82) is 0 Å². The predicted molar refractivity (Wildman–Crippen MR) is 73.4 cm³/mol. The van der Waals surface area contributed by atoms with Crippen molar-refractivity contribution in [2.24, 2.45) is 5.92 Å². The van der Waals surface area contributed by atoms with E-state index in [4.69, 9.17) is 0 Å². The Hall–Kier alpha value is -0.780. The third-order valence-electron chi connectivity index (χ3n) is 4.51. The van der Waals surface area contributed by atoms with Gasteiger partial charge in [-0.05, 0) is 79.8 Å². The lowest BCUT2D eigenvalue weighted by Crippen LogP contribution is -2.10. The van der Waals surface area contributed by atoms with Gasteiger partial charge in [0, 0.05) is 0 Å². The minimum absolute atomic E-state index is 0.651. The highest BCUT2D eigenvalue weighted by Crippen LogP contribution is 2.34. The summed E-state index contributed by atoms with van der Waals surface area (Å²) in [5.41, 5.74) is 9.00. The highest BCUT2D eigenvalue weighted by atomic mass is 14.2. The van der Waals surface area contributed by atoms with Gasteiger partial charge in [-0.1, -0.05) is 20.8 Å². The van der Waals surface area contributed by atoms with Crippen molar-refractivity contribution in [1.82, 2.24) is 0 Å². The van der Waals surface area contributed by atoms with Gasteiger partial charge in [0.2, 0.25) is 0 Å². The molecule has 0 amide bonds. The second-order valence-electron chi connectivity index (χ2n) is 5.57. The Morgan fingerprint density at radius 2 is 0.875 bits per heavy atom. The molecule has 0 aromatic heterocycles. The molecular weight excluding hydrogens is 192 g/mol. The molecule has 0 nitrogen and oxygen atoms in total. The highest BCUT2D eigenvalue weighted by molar-refractivity contribution is 5.50. The predicted octanol–water partition coefficient (Wildman–Crippen LogP) is 4.99. The average molecular weight is 218 g/mol. The van der Waals surface area contributed by atoms with Gasteiger partial charge in [0.15, 0.2) is 0 Å². The lowest BCUT2D eigenvalue weighted by molar-refractivity contribution is 0.530. The molecule has 0 fully saturated rings. The van der Waals surface area contributed by atoms with E-state index in [1.54, 1.807) is 5.56 Å². The Morgan fingerprint density at radius 1 is 0.562 bits per heavy atom. The third-order valence-corrected chi connectivity index (χ3v) is 4.51. The van der Waals surface area contributed by atoms with E-state index in [-0.39, 0.29) is 0 Å². The number of hydrogen-bond donors (Lipinski definition) is 0. The second-order valence-corrected chi connectivity index (χ2v) is 5.57. The van der Waals surface area contributed by atoms with Crippen LogP contribution in [0, 0.1) is 40.5 Å². The standard InChI is InChI=1S/C16H26/c1-9(2)10(3)16-14(7)12(5)11(4)13(6)15(16)8/h9-10H,1-8H3. The summed E-state index contributed by atoms with van der Waals surface area (Å²) in [5.74, 6) is 1.36. The summed E-state index contributed by atoms with van der Waals surface area (Å²) in [4.78, 5) is 0. The van der Waals surface area contributed by atoms with Crippen molar-refractivity contribution in [2.75, 3.05) is 0 Å². The Morgan fingerprint density at radius 3 is 1.19 bits per heavy atom. The summed E-state index contributed by atoms with van der Waals surface area (Å²) in [6, 6.07) is 0. The molecule has 0 saturated carbocycles. The van der Waals surface area contributed by atoms with E-state index in [1.807, 2.05) is 0 Å². The van der Waals surface area contributed by atoms with Crippen LogP contribution >= 0.6 is 0 Å². The molecule has 1 atom stereocenters. The van der Waals surface area contributed by atoms with Crippen molar-refractivity contribution >= 4 is 0 Å². The average Bonchev–Trinajstić information content (AvgIpc) is 2.23. The zero-order chi connectivity index (χ0) is 12.6. The summed E-state index contributed by atoms with van der Waals surface area (Å²) in [6.07, 6.45) is 0. The third kappa shape index (κ3) is 2.03. The lowest BCUT2D eigenvalue weighted by Gasteiger charge is -2.25. The lowest BCUT2D eigenvalue weighted by atomic mass is 9.80. The van der Waals surface area contributed by atoms with Crippen molar-refractivity contribution in [3.8, 4) is 0 Å². The molecule has 16 heavy (non-hydrogen) atoms. The van der Waals surface area contributed by atoms with Crippen LogP contribution in [0.2, 0.25) is 0 Å². The largest absolute Gasteiger partial charge is 0.0622 e. The van der Waals surface area contributed by atoms with E-state index in [2.05, 4.69) is 55.4 Å². The fourth-order valence-corrected chi connectivity index (χ4v) is 2.55. The summed E-state index contributed by atoms with van der Waals surface area (Å²) in [6.45, 7) is 18.3. The highest BCUT2D eigenvalue weighted by Gasteiger charge is 2.19. The molecule has 1 aromatic rings. The summed E-state index contributed by atoms with van der Waals surface area (Å²) in [5, 5.41) is 0. The van der Waals surface area contributed by atoms with Crippen LogP contribution in [-0.4, -0.2) is 0 Å². The van der Waals surface area contributed by atoms with Gasteiger partial charge < -0.3 is 0 Å². The van der Waals surface area contributed by atoms with E-state index < -0.39 is 0 Å². The van der Waals surface area contributed by atoms with Gasteiger partial charge in [-0.3, -0.25) is 0 Å². The van der Waals surface area contributed by atoms with Gasteiger partial charge in [-0.2, -0.15) is 0 Å². The zero-order valence-electron chi connectivity index (χ0n) is 12.2. The van der Waals surface area contributed by atoms with Crippen LogP contribution in [0.5, 0.6) is 0 Å². The van der Waals surface area contributed by atoms with Crippen LogP contribution in [0.4, 0.5) is 0 Å². The number of rotatable bonds is 2. The smallest absolute Gasteiger partial charge is 0.0162 e. The van der Waals surface area contributed by atoms with Crippen molar-refractivity contribution in [2.45, 2.75) is 61.3 Å². The fraction of sp³-hybridized carbons (Fsp3) is 0.625. The SMILES string of the molecule is Cc1c(C)c(C)c(C(C)C(C)C)c(C)c1C. The van der Waals surface area contributed by atoms with Gasteiger partial charge in [-0.15, -0.1) is 0 Å². The molecule has 0 aliphatic carbocycles. The molecular formula is C16H26. The first-order valence-corrected chi connectivity index (χ1v) is 6.35. The zero-order valence-corrected chi connectivity index (χ0v) is 12.2. The molecule has 0 aliphatic rings. The molecule has 0 saturated heterocycles. The molecule has 1 unspecified atom stereocenters. The van der Waals surface area contributed by atoms with Crippen molar-refractivity contribution < 1.29 is 0 Å². The number of hydrogen-bond acceptors (Lipinski definition) is 0. The fourth-order valence-electron chi connectivity index (χ4n) is 2.55. The van der Waals surface area contributed by atoms with E-state index in [0.29, 0.717) is 11.8 Å². The van der Waals surface area contributed by atoms with Gasteiger partial charge >= 0.3 is 0 Å². The minimum Gasteiger partial charge on any atom is -0.0622 e.